The predicted molar refractivity (Wildman–Crippen MR) is 84.6 cm³/mol. The molecule has 2 aromatic carbocycles. The summed E-state index contributed by atoms with van der Waals surface area (Å²) in [7, 11) is 0. The molecular formula is C17H18BrN. The van der Waals surface area contributed by atoms with Crippen LogP contribution in [0.1, 0.15) is 24.5 Å². The Morgan fingerprint density at radius 1 is 1.16 bits per heavy atom. The first-order valence-corrected chi connectivity index (χ1v) is 7.62. The van der Waals surface area contributed by atoms with Gasteiger partial charge in [-0.1, -0.05) is 46.3 Å². The van der Waals surface area contributed by atoms with Crippen LogP contribution in [0.5, 0.6) is 0 Å². The smallest absolute Gasteiger partial charge is 0.0432 e. The van der Waals surface area contributed by atoms with Crippen LogP contribution in [0, 0.1) is 0 Å². The zero-order valence-electron chi connectivity index (χ0n) is 11.1. The molecule has 2 aromatic rings. The number of nitrogens with zero attached hydrogens (tertiary/aromatic N) is 1. The standard InChI is InChI=1S/C17H18BrN/c1-13-9-10-15-6-2-3-8-17(15)19(13)12-14-5-4-7-16(18)11-14/h2-8,11,13H,9-10,12H2,1H3. The minimum atomic E-state index is 0.605. The Balaban J connectivity index is 1.91. The second-order valence-corrected chi connectivity index (χ2v) is 6.19. The molecule has 0 saturated carbocycles. The summed E-state index contributed by atoms with van der Waals surface area (Å²) >= 11 is 3.56. The Kier molecular flexibility index (Phi) is 3.61. The molecule has 1 heterocycles. The van der Waals surface area contributed by atoms with Gasteiger partial charge in [-0.15, -0.1) is 0 Å². The number of anilines is 1. The van der Waals surface area contributed by atoms with Gasteiger partial charge in [-0.05, 0) is 49.1 Å². The van der Waals surface area contributed by atoms with E-state index in [2.05, 4.69) is 76.3 Å². The van der Waals surface area contributed by atoms with Gasteiger partial charge in [-0.25, -0.2) is 0 Å². The third kappa shape index (κ3) is 2.69. The first-order chi connectivity index (χ1) is 9.24. The average Bonchev–Trinajstić information content (AvgIpc) is 2.42. The van der Waals surface area contributed by atoms with Gasteiger partial charge in [0.15, 0.2) is 0 Å². The summed E-state index contributed by atoms with van der Waals surface area (Å²) in [6.45, 7) is 3.31. The molecule has 98 valence electrons. The highest BCUT2D eigenvalue weighted by molar-refractivity contribution is 9.10. The van der Waals surface area contributed by atoms with Crippen LogP contribution < -0.4 is 4.90 Å². The average molecular weight is 316 g/mol. The van der Waals surface area contributed by atoms with Gasteiger partial charge < -0.3 is 4.90 Å². The predicted octanol–water partition coefficient (Wildman–Crippen LogP) is 4.79. The number of benzene rings is 2. The van der Waals surface area contributed by atoms with Crippen molar-refractivity contribution in [2.45, 2.75) is 32.4 Å². The molecular weight excluding hydrogens is 298 g/mol. The van der Waals surface area contributed by atoms with Gasteiger partial charge in [0, 0.05) is 22.7 Å². The van der Waals surface area contributed by atoms with Gasteiger partial charge >= 0.3 is 0 Å². The lowest BCUT2D eigenvalue weighted by Gasteiger charge is -2.37. The SMILES string of the molecule is CC1CCc2ccccc2N1Cc1cccc(Br)c1. The molecule has 2 heteroatoms. The number of para-hydroxylation sites is 1. The van der Waals surface area contributed by atoms with Crippen molar-refractivity contribution in [3.05, 3.63) is 64.1 Å². The highest BCUT2D eigenvalue weighted by Crippen LogP contribution is 2.31. The molecule has 0 saturated heterocycles. The van der Waals surface area contributed by atoms with Crippen molar-refractivity contribution in [3.63, 3.8) is 0 Å². The molecule has 0 amide bonds. The van der Waals surface area contributed by atoms with E-state index in [1.807, 2.05) is 0 Å². The third-order valence-corrected chi connectivity index (χ3v) is 4.40. The fourth-order valence-electron chi connectivity index (χ4n) is 2.83. The van der Waals surface area contributed by atoms with Gasteiger partial charge in [0.05, 0.1) is 0 Å². The number of hydrogen-bond donors (Lipinski definition) is 0. The molecule has 0 fully saturated rings. The van der Waals surface area contributed by atoms with E-state index in [0.29, 0.717) is 6.04 Å². The maximum Gasteiger partial charge on any atom is 0.0432 e. The highest BCUT2D eigenvalue weighted by Gasteiger charge is 2.22. The van der Waals surface area contributed by atoms with Gasteiger partial charge in [-0.3, -0.25) is 0 Å². The number of fused-ring (bicyclic) bond motifs is 1. The molecule has 1 aliphatic rings. The van der Waals surface area contributed by atoms with E-state index in [-0.39, 0.29) is 0 Å². The minimum absolute atomic E-state index is 0.605. The number of rotatable bonds is 2. The number of halogens is 1. The number of aryl methyl sites for hydroxylation is 1. The summed E-state index contributed by atoms with van der Waals surface area (Å²) in [5, 5.41) is 0. The maximum absolute atomic E-state index is 3.56. The van der Waals surface area contributed by atoms with E-state index in [9.17, 15) is 0 Å². The largest absolute Gasteiger partial charge is 0.364 e. The number of hydrogen-bond acceptors (Lipinski definition) is 1. The molecule has 1 aliphatic heterocycles. The Hall–Kier alpha value is -1.28. The molecule has 19 heavy (non-hydrogen) atoms. The van der Waals surface area contributed by atoms with E-state index < -0.39 is 0 Å². The Labute approximate surface area is 123 Å². The lowest BCUT2D eigenvalue weighted by atomic mass is 9.96. The zero-order chi connectivity index (χ0) is 13.2. The molecule has 1 nitrogen and oxygen atoms in total. The molecule has 0 radical (unpaired) electrons. The molecule has 0 aromatic heterocycles. The van der Waals surface area contributed by atoms with Crippen LogP contribution in [0.3, 0.4) is 0 Å². The fraction of sp³-hybridized carbons (Fsp3) is 0.294. The summed E-state index contributed by atoms with van der Waals surface area (Å²) < 4.78 is 1.16. The maximum atomic E-state index is 3.56. The lowest BCUT2D eigenvalue weighted by molar-refractivity contribution is 0.560. The van der Waals surface area contributed by atoms with E-state index in [1.165, 1.54) is 29.7 Å². The molecule has 0 spiro atoms. The summed E-state index contributed by atoms with van der Waals surface area (Å²) in [5.41, 5.74) is 4.25. The monoisotopic (exact) mass is 315 g/mol. The van der Waals surface area contributed by atoms with Gasteiger partial charge in [0.2, 0.25) is 0 Å². The van der Waals surface area contributed by atoms with E-state index >= 15 is 0 Å². The van der Waals surface area contributed by atoms with Crippen LogP contribution in [0.2, 0.25) is 0 Å². The van der Waals surface area contributed by atoms with Crippen molar-refractivity contribution in [3.8, 4) is 0 Å². The van der Waals surface area contributed by atoms with Crippen molar-refractivity contribution in [2.24, 2.45) is 0 Å². The van der Waals surface area contributed by atoms with Crippen molar-refractivity contribution in [1.82, 2.24) is 0 Å². The van der Waals surface area contributed by atoms with Gasteiger partial charge in [0.1, 0.15) is 0 Å². The molecule has 1 atom stereocenters. The molecule has 0 bridgehead atoms. The topological polar surface area (TPSA) is 3.24 Å². The highest BCUT2D eigenvalue weighted by atomic mass is 79.9. The van der Waals surface area contributed by atoms with Crippen molar-refractivity contribution >= 4 is 21.6 Å². The van der Waals surface area contributed by atoms with Crippen LogP contribution in [0.25, 0.3) is 0 Å². The van der Waals surface area contributed by atoms with Crippen LogP contribution >= 0.6 is 15.9 Å². The Bertz CT molecular complexity index is 579. The van der Waals surface area contributed by atoms with Crippen LogP contribution in [-0.4, -0.2) is 6.04 Å². The Morgan fingerprint density at radius 2 is 2.00 bits per heavy atom. The first-order valence-electron chi connectivity index (χ1n) is 6.83. The summed E-state index contributed by atoms with van der Waals surface area (Å²) in [6, 6.07) is 18.0. The van der Waals surface area contributed by atoms with E-state index in [1.54, 1.807) is 0 Å². The molecule has 1 unspecified atom stereocenters. The second-order valence-electron chi connectivity index (χ2n) is 5.27. The molecule has 0 N–H and O–H groups in total. The van der Waals surface area contributed by atoms with Crippen molar-refractivity contribution < 1.29 is 0 Å². The van der Waals surface area contributed by atoms with Crippen molar-refractivity contribution in [2.75, 3.05) is 4.90 Å². The summed E-state index contributed by atoms with van der Waals surface area (Å²) in [6.07, 6.45) is 2.44. The first kappa shape index (κ1) is 12.7. The fourth-order valence-corrected chi connectivity index (χ4v) is 3.28. The quantitative estimate of drug-likeness (QED) is 0.770. The third-order valence-electron chi connectivity index (χ3n) is 3.91. The van der Waals surface area contributed by atoms with Gasteiger partial charge in [-0.2, -0.15) is 0 Å². The molecule has 3 rings (SSSR count). The summed E-state index contributed by atoms with van der Waals surface area (Å²) in [4.78, 5) is 2.53. The van der Waals surface area contributed by atoms with Crippen molar-refractivity contribution in [1.29, 1.82) is 0 Å². The van der Waals surface area contributed by atoms with Crippen LogP contribution in [0.15, 0.2) is 53.0 Å². The van der Waals surface area contributed by atoms with Crippen LogP contribution in [-0.2, 0) is 13.0 Å². The minimum Gasteiger partial charge on any atom is -0.364 e. The lowest BCUT2D eigenvalue weighted by Crippen LogP contribution is -2.36. The Morgan fingerprint density at radius 3 is 2.84 bits per heavy atom. The second kappa shape index (κ2) is 5.38. The van der Waals surface area contributed by atoms with Crippen LogP contribution in [0.4, 0.5) is 5.69 Å². The molecule has 0 aliphatic carbocycles. The van der Waals surface area contributed by atoms with E-state index in [0.717, 1.165) is 11.0 Å². The van der Waals surface area contributed by atoms with E-state index in [4.69, 9.17) is 0 Å². The van der Waals surface area contributed by atoms with Gasteiger partial charge in [0.25, 0.3) is 0 Å². The summed E-state index contributed by atoms with van der Waals surface area (Å²) in [5.74, 6) is 0. The normalized spacial score (nSPS) is 18.2. The zero-order valence-corrected chi connectivity index (χ0v) is 12.7.